The predicted octanol–water partition coefficient (Wildman–Crippen LogP) is 0.114. The quantitative estimate of drug-likeness (QED) is 0.276. The van der Waals surface area contributed by atoms with Gasteiger partial charge in [0.2, 0.25) is 5.91 Å². The van der Waals surface area contributed by atoms with Gasteiger partial charge < -0.3 is 16.3 Å². The molecular formula is C11H22N4O2. The summed E-state index contributed by atoms with van der Waals surface area (Å²) in [6.07, 6.45) is 3.73. The summed E-state index contributed by atoms with van der Waals surface area (Å²) in [4.78, 5) is 13.8. The highest BCUT2D eigenvalue weighted by Crippen LogP contribution is 2.11. The van der Waals surface area contributed by atoms with Crippen molar-refractivity contribution in [3.8, 4) is 0 Å². The number of hydrogen-bond acceptors (Lipinski definition) is 4. The Balaban J connectivity index is 2.22. The Bertz CT molecular complexity index is 275. The molecule has 1 unspecified atom stereocenters. The van der Waals surface area contributed by atoms with E-state index in [0.29, 0.717) is 12.6 Å². The van der Waals surface area contributed by atoms with Crippen LogP contribution in [0, 0.1) is 0 Å². The van der Waals surface area contributed by atoms with Gasteiger partial charge in [0.25, 0.3) is 0 Å². The van der Waals surface area contributed by atoms with Crippen LogP contribution in [0.3, 0.4) is 0 Å². The van der Waals surface area contributed by atoms with Crippen molar-refractivity contribution in [3.63, 3.8) is 0 Å². The summed E-state index contributed by atoms with van der Waals surface area (Å²) >= 11 is 0. The Labute approximate surface area is 102 Å². The van der Waals surface area contributed by atoms with E-state index >= 15 is 0 Å². The largest absolute Gasteiger partial charge is 0.409 e. The average molecular weight is 242 g/mol. The summed E-state index contributed by atoms with van der Waals surface area (Å²) in [5.74, 6) is -0.266. The Hall–Kier alpha value is -1.30. The van der Waals surface area contributed by atoms with Crippen LogP contribution in [0.15, 0.2) is 5.16 Å². The van der Waals surface area contributed by atoms with Crippen LogP contribution in [-0.2, 0) is 4.79 Å². The molecule has 1 heterocycles. The van der Waals surface area contributed by atoms with Crippen LogP contribution in [0.1, 0.15) is 32.6 Å². The van der Waals surface area contributed by atoms with Gasteiger partial charge in [-0.1, -0.05) is 11.6 Å². The van der Waals surface area contributed by atoms with Gasteiger partial charge >= 0.3 is 0 Å². The molecule has 0 aliphatic carbocycles. The summed E-state index contributed by atoms with van der Waals surface area (Å²) in [5, 5.41) is 13.9. The third-order valence-electron chi connectivity index (χ3n) is 3.08. The Morgan fingerprint density at radius 3 is 2.71 bits per heavy atom. The third-order valence-corrected chi connectivity index (χ3v) is 3.08. The lowest BCUT2D eigenvalue weighted by atomic mass is 10.1. The molecule has 0 aromatic rings. The van der Waals surface area contributed by atoms with E-state index in [4.69, 9.17) is 10.9 Å². The SMILES string of the molecule is CC(CNC(=O)C/C(N)=N/O)N1CCCCC1. The van der Waals surface area contributed by atoms with E-state index in [2.05, 4.69) is 22.3 Å². The molecule has 98 valence electrons. The first-order valence-corrected chi connectivity index (χ1v) is 6.10. The Morgan fingerprint density at radius 1 is 1.47 bits per heavy atom. The molecule has 0 radical (unpaired) electrons. The molecule has 0 saturated carbocycles. The maximum atomic E-state index is 11.4. The van der Waals surface area contributed by atoms with Crippen molar-refractivity contribution >= 4 is 11.7 Å². The molecule has 1 saturated heterocycles. The summed E-state index contributed by atoms with van der Waals surface area (Å²) < 4.78 is 0. The fraction of sp³-hybridized carbons (Fsp3) is 0.818. The summed E-state index contributed by atoms with van der Waals surface area (Å²) in [7, 11) is 0. The second-order valence-electron chi connectivity index (χ2n) is 4.52. The van der Waals surface area contributed by atoms with E-state index in [9.17, 15) is 4.79 Å². The maximum Gasteiger partial charge on any atom is 0.227 e. The normalized spacial score (nSPS) is 19.9. The van der Waals surface area contributed by atoms with E-state index < -0.39 is 0 Å². The van der Waals surface area contributed by atoms with Gasteiger partial charge in [0, 0.05) is 12.6 Å². The number of nitrogens with one attached hydrogen (secondary N) is 1. The number of carbonyl (C=O) groups excluding carboxylic acids is 1. The number of oxime groups is 1. The lowest BCUT2D eigenvalue weighted by Gasteiger charge is -2.32. The maximum absolute atomic E-state index is 11.4. The zero-order chi connectivity index (χ0) is 12.7. The molecule has 0 aromatic heterocycles. The lowest BCUT2D eigenvalue weighted by Crippen LogP contribution is -2.44. The summed E-state index contributed by atoms with van der Waals surface area (Å²) in [6.45, 7) is 4.93. The molecule has 1 aliphatic heterocycles. The average Bonchev–Trinajstić information content (AvgIpc) is 2.36. The number of hydrogen-bond donors (Lipinski definition) is 3. The van der Waals surface area contributed by atoms with Gasteiger partial charge in [-0.05, 0) is 32.9 Å². The number of amidine groups is 1. The molecule has 6 heteroatoms. The van der Waals surface area contributed by atoms with Crippen molar-refractivity contribution in [1.29, 1.82) is 0 Å². The number of rotatable bonds is 5. The molecule has 17 heavy (non-hydrogen) atoms. The minimum absolute atomic E-state index is 0.0524. The number of amides is 1. The van der Waals surface area contributed by atoms with E-state index in [1.54, 1.807) is 0 Å². The highest BCUT2D eigenvalue weighted by atomic mass is 16.4. The minimum Gasteiger partial charge on any atom is -0.409 e. The van der Waals surface area contributed by atoms with Crippen LogP contribution < -0.4 is 11.1 Å². The second-order valence-corrected chi connectivity index (χ2v) is 4.52. The van der Waals surface area contributed by atoms with Gasteiger partial charge in [0.15, 0.2) is 0 Å². The van der Waals surface area contributed by atoms with Gasteiger partial charge in [-0.3, -0.25) is 9.69 Å². The zero-order valence-corrected chi connectivity index (χ0v) is 10.4. The molecule has 1 fully saturated rings. The van der Waals surface area contributed by atoms with E-state index in [-0.39, 0.29) is 18.2 Å². The molecule has 0 bridgehead atoms. The fourth-order valence-electron chi connectivity index (χ4n) is 2.01. The highest BCUT2D eigenvalue weighted by Gasteiger charge is 2.17. The minimum atomic E-state index is -0.204. The van der Waals surface area contributed by atoms with E-state index in [1.165, 1.54) is 19.3 Å². The molecule has 1 atom stereocenters. The first-order chi connectivity index (χ1) is 8.13. The van der Waals surface area contributed by atoms with Gasteiger partial charge in [0.05, 0.1) is 6.42 Å². The van der Waals surface area contributed by atoms with Crippen molar-refractivity contribution in [2.45, 2.75) is 38.6 Å². The second kappa shape index (κ2) is 7.11. The van der Waals surface area contributed by atoms with Crippen molar-refractivity contribution in [2.75, 3.05) is 19.6 Å². The molecule has 1 aliphatic rings. The molecule has 1 amide bonds. The number of carbonyl (C=O) groups is 1. The fourth-order valence-corrected chi connectivity index (χ4v) is 2.01. The van der Waals surface area contributed by atoms with Crippen molar-refractivity contribution in [2.24, 2.45) is 10.9 Å². The van der Waals surface area contributed by atoms with Gasteiger partial charge in [-0.15, -0.1) is 0 Å². The molecule has 0 spiro atoms. The van der Waals surface area contributed by atoms with Crippen molar-refractivity contribution < 1.29 is 10.0 Å². The van der Waals surface area contributed by atoms with Crippen LogP contribution in [0.5, 0.6) is 0 Å². The monoisotopic (exact) mass is 242 g/mol. The number of nitrogens with zero attached hydrogens (tertiary/aromatic N) is 2. The summed E-state index contributed by atoms with van der Waals surface area (Å²) in [5.41, 5.74) is 5.25. The van der Waals surface area contributed by atoms with Gasteiger partial charge in [-0.25, -0.2) is 0 Å². The standard InChI is InChI=1S/C11H22N4O2/c1-9(15-5-3-2-4-6-15)8-13-11(16)7-10(12)14-17/h9,17H,2-8H2,1H3,(H2,12,14)(H,13,16). The van der Waals surface area contributed by atoms with E-state index in [1.807, 2.05) is 0 Å². The number of nitrogens with two attached hydrogens (primary N) is 1. The van der Waals surface area contributed by atoms with Crippen LogP contribution >= 0.6 is 0 Å². The van der Waals surface area contributed by atoms with Crippen LogP contribution in [0.2, 0.25) is 0 Å². The molecular weight excluding hydrogens is 220 g/mol. The molecule has 4 N–H and O–H groups in total. The third kappa shape index (κ3) is 5.04. The van der Waals surface area contributed by atoms with Gasteiger partial charge in [-0.2, -0.15) is 0 Å². The molecule has 0 aromatic carbocycles. The smallest absolute Gasteiger partial charge is 0.227 e. The Kier molecular flexibility index (Phi) is 5.76. The topological polar surface area (TPSA) is 91.0 Å². The highest BCUT2D eigenvalue weighted by molar-refractivity contribution is 5.98. The van der Waals surface area contributed by atoms with E-state index in [0.717, 1.165) is 13.1 Å². The van der Waals surface area contributed by atoms with Crippen LogP contribution in [0.4, 0.5) is 0 Å². The molecule has 6 nitrogen and oxygen atoms in total. The first kappa shape index (κ1) is 13.8. The van der Waals surface area contributed by atoms with Crippen molar-refractivity contribution in [1.82, 2.24) is 10.2 Å². The number of piperidine rings is 1. The first-order valence-electron chi connectivity index (χ1n) is 6.10. The Morgan fingerprint density at radius 2 is 2.12 bits per heavy atom. The van der Waals surface area contributed by atoms with Gasteiger partial charge in [0.1, 0.15) is 5.84 Å². The van der Waals surface area contributed by atoms with Crippen molar-refractivity contribution in [3.05, 3.63) is 0 Å². The lowest BCUT2D eigenvalue weighted by molar-refractivity contribution is -0.120. The predicted molar refractivity (Wildman–Crippen MR) is 65.9 cm³/mol. The van der Waals surface area contributed by atoms with Crippen LogP contribution in [-0.4, -0.2) is 47.5 Å². The summed E-state index contributed by atoms with van der Waals surface area (Å²) in [6, 6.07) is 0.339. The zero-order valence-electron chi connectivity index (χ0n) is 10.4. The number of likely N-dealkylation sites (tertiary alicyclic amines) is 1. The van der Waals surface area contributed by atoms with Crippen LogP contribution in [0.25, 0.3) is 0 Å². The molecule has 1 rings (SSSR count).